The van der Waals surface area contributed by atoms with Gasteiger partial charge in [0.25, 0.3) is 0 Å². The molecule has 2 heterocycles. The van der Waals surface area contributed by atoms with Crippen LogP contribution < -0.4 is 5.73 Å². The normalized spacial score (nSPS) is 15.4. The van der Waals surface area contributed by atoms with E-state index in [0.29, 0.717) is 39.4 Å². The molecule has 1 aliphatic rings. The van der Waals surface area contributed by atoms with Crippen LogP contribution in [0.2, 0.25) is 0 Å². The zero-order chi connectivity index (χ0) is 15.4. The molecule has 0 spiro atoms. The van der Waals surface area contributed by atoms with E-state index in [4.69, 9.17) is 10.5 Å². The zero-order valence-corrected chi connectivity index (χ0v) is 12.8. The molecule has 1 aromatic heterocycles. The van der Waals surface area contributed by atoms with Crippen molar-refractivity contribution in [2.24, 2.45) is 5.73 Å². The average Bonchev–Trinajstić information content (AvgIpc) is 2.92. The fourth-order valence-corrected chi connectivity index (χ4v) is 3.00. The topological polar surface area (TPSA) is 60.5 Å². The maximum atomic E-state index is 12.5. The number of rotatable bonds is 5. The van der Waals surface area contributed by atoms with E-state index in [-0.39, 0.29) is 5.91 Å². The molecule has 0 aliphatic carbocycles. The van der Waals surface area contributed by atoms with Gasteiger partial charge in [-0.25, -0.2) is 0 Å². The van der Waals surface area contributed by atoms with Crippen molar-refractivity contribution >= 4 is 16.8 Å². The number of carbonyl (C=O) groups is 1. The van der Waals surface area contributed by atoms with Gasteiger partial charge in [-0.1, -0.05) is 18.2 Å². The Morgan fingerprint density at radius 1 is 1.23 bits per heavy atom. The standard InChI is InChI=1S/C17H23N3O2/c18-7-3-4-14-12-20(16-6-2-1-5-15(14)16)13-17(21)19-8-10-22-11-9-19/h1-2,5-6,12H,3-4,7-11,13,18H2. The van der Waals surface area contributed by atoms with Gasteiger partial charge in [0, 0.05) is 30.2 Å². The van der Waals surface area contributed by atoms with Gasteiger partial charge < -0.3 is 19.9 Å². The second kappa shape index (κ2) is 6.94. The fraction of sp³-hybridized carbons (Fsp3) is 0.471. The van der Waals surface area contributed by atoms with Gasteiger partial charge in [0.05, 0.1) is 13.2 Å². The van der Waals surface area contributed by atoms with Gasteiger partial charge in [-0.05, 0) is 31.0 Å². The van der Waals surface area contributed by atoms with Crippen molar-refractivity contribution in [2.75, 3.05) is 32.8 Å². The number of morpholine rings is 1. The minimum Gasteiger partial charge on any atom is -0.378 e. The van der Waals surface area contributed by atoms with Gasteiger partial charge in [0.2, 0.25) is 5.91 Å². The first-order valence-electron chi connectivity index (χ1n) is 7.92. The Morgan fingerprint density at radius 3 is 2.77 bits per heavy atom. The van der Waals surface area contributed by atoms with Crippen LogP contribution in [0.5, 0.6) is 0 Å². The van der Waals surface area contributed by atoms with E-state index in [2.05, 4.69) is 22.9 Å². The predicted molar refractivity (Wildman–Crippen MR) is 86.7 cm³/mol. The summed E-state index contributed by atoms with van der Waals surface area (Å²) < 4.78 is 7.37. The summed E-state index contributed by atoms with van der Waals surface area (Å²) in [5, 5.41) is 1.23. The minimum atomic E-state index is 0.162. The summed E-state index contributed by atoms with van der Waals surface area (Å²) in [7, 11) is 0. The van der Waals surface area contributed by atoms with Crippen LogP contribution >= 0.6 is 0 Å². The molecule has 3 rings (SSSR count). The van der Waals surface area contributed by atoms with E-state index in [9.17, 15) is 4.79 Å². The van der Waals surface area contributed by atoms with Crippen LogP contribution in [0.3, 0.4) is 0 Å². The lowest BCUT2D eigenvalue weighted by molar-refractivity contribution is -0.135. The molecular weight excluding hydrogens is 278 g/mol. The molecule has 1 amide bonds. The molecule has 0 bridgehead atoms. The Bertz CT molecular complexity index is 644. The first-order chi connectivity index (χ1) is 10.8. The van der Waals surface area contributed by atoms with E-state index >= 15 is 0 Å². The number of ether oxygens (including phenoxy) is 1. The van der Waals surface area contributed by atoms with Crippen molar-refractivity contribution in [1.82, 2.24) is 9.47 Å². The molecule has 5 heteroatoms. The summed E-state index contributed by atoms with van der Waals surface area (Å²) in [6, 6.07) is 8.26. The molecule has 22 heavy (non-hydrogen) atoms. The lowest BCUT2D eigenvalue weighted by atomic mass is 10.1. The van der Waals surface area contributed by atoms with Crippen LogP contribution in [0.25, 0.3) is 10.9 Å². The summed E-state index contributed by atoms with van der Waals surface area (Å²) in [5.74, 6) is 0.162. The van der Waals surface area contributed by atoms with Crippen molar-refractivity contribution in [3.63, 3.8) is 0 Å². The third kappa shape index (κ3) is 3.15. The van der Waals surface area contributed by atoms with E-state index < -0.39 is 0 Å². The predicted octanol–water partition coefficient (Wildman–Crippen LogP) is 1.39. The molecule has 2 aromatic rings. The summed E-state index contributed by atoms with van der Waals surface area (Å²) in [6.45, 7) is 3.74. The third-order valence-electron chi connectivity index (χ3n) is 4.19. The Labute approximate surface area is 130 Å². The highest BCUT2D eigenvalue weighted by molar-refractivity contribution is 5.86. The lowest BCUT2D eigenvalue weighted by Gasteiger charge is -2.27. The van der Waals surface area contributed by atoms with Crippen molar-refractivity contribution in [3.8, 4) is 0 Å². The molecule has 0 atom stereocenters. The second-order valence-corrected chi connectivity index (χ2v) is 5.68. The number of amides is 1. The first kappa shape index (κ1) is 15.1. The molecule has 1 aromatic carbocycles. The van der Waals surface area contributed by atoms with Crippen LogP contribution in [-0.4, -0.2) is 48.2 Å². The number of para-hydroxylation sites is 1. The smallest absolute Gasteiger partial charge is 0.242 e. The molecule has 1 saturated heterocycles. The summed E-state index contributed by atoms with van der Waals surface area (Å²) >= 11 is 0. The van der Waals surface area contributed by atoms with Gasteiger partial charge in [-0.2, -0.15) is 0 Å². The van der Waals surface area contributed by atoms with Crippen LogP contribution in [0.1, 0.15) is 12.0 Å². The Kier molecular flexibility index (Phi) is 4.75. The molecule has 1 aliphatic heterocycles. The summed E-state index contributed by atoms with van der Waals surface area (Å²) in [6.07, 6.45) is 4.03. The van der Waals surface area contributed by atoms with Crippen LogP contribution in [0.4, 0.5) is 0 Å². The van der Waals surface area contributed by atoms with E-state index in [1.165, 1.54) is 10.9 Å². The Hall–Kier alpha value is -1.85. The van der Waals surface area contributed by atoms with Crippen LogP contribution in [-0.2, 0) is 22.5 Å². The number of hydrogen-bond donors (Lipinski definition) is 1. The third-order valence-corrected chi connectivity index (χ3v) is 4.19. The maximum Gasteiger partial charge on any atom is 0.242 e. The number of hydrogen-bond acceptors (Lipinski definition) is 3. The molecule has 0 radical (unpaired) electrons. The molecule has 0 unspecified atom stereocenters. The van der Waals surface area contributed by atoms with E-state index in [1.54, 1.807) is 0 Å². The molecule has 118 valence electrons. The maximum absolute atomic E-state index is 12.5. The van der Waals surface area contributed by atoms with E-state index in [1.807, 2.05) is 17.0 Å². The monoisotopic (exact) mass is 301 g/mol. The molecule has 2 N–H and O–H groups in total. The van der Waals surface area contributed by atoms with Crippen molar-refractivity contribution < 1.29 is 9.53 Å². The van der Waals surface area contributed by atoms with Crippen LogP contribution in [0, 0.1) is 0 Å². The quantitative estimate of drug-likeness (QED) is 0.908. The summed E-state index contributed by atoms with van der Waals surface area (Å²) in [4.78, 5) is 14.4. The number of aromatic nitrogens is 1. The first-order valence-corrected chi connectivity index (χ1v) is 7.92. The number of carbonyl (C=O) groups excluding carboxylic acids is 1. The minimum absolute atomic E-state index is 0.162. The second-order valence-electron chi connectivity index (χ2n) is 5.68. The highest BCUT2D eigenvalue weighted by Crippen LogP contribution is 2.22. The molecular formula is C17H23N3O2. The highest BCUT2D eigenvalue weighted by Gasteiger charge is 2.18. The number of nitrogens with zero attached hydrogens (tertiary/aromatic N) is 2. The summed E-state index contributed by atoms with van der Waals surface area (Å²) in [5.41, 5.74) is 8.02. The SMILES string of the molecule is NCCCc1cn(CC(=O)N2CCOCC2)c2ccccc12. The van der Waals surface area contributed by atoms with Crippen molar-refractivity contribution in [3.05, 3.63) is 36.0 Å². The van der Waals surface area contributed by atoms with E-state index in [0.717, 1.165) is 18.4 Å². The Morgan fingerprint density at radius 2 is 2.00 bits per heavy atom. The van der Waals surface area contributed by atoms with Gasteiger partial charge >= 0.3 is 0 Å². The highest BCUT2D eigenvalue weighted by atomic mass is 16.5. The molecule has 1 fully saturated rings. The van der Waals surface area contributed by atoms with Crippen LogP contribution in [0.15, 0.2) is 30.5 Å². The molecule has 0 saturated carbocycles. The largest absolute Gasteiger partial charge is 0.378 e. The van der Waals surface area contributed by atoms with Crippen molar-refractivity contribution in [1.29, 1.82) is 0 Å². The van der Waals surface area contributed by atoms with Gasteiger partial charge in [0.1, 0.15) is 6.54 Å². The van der Waals surface area contributed by atoms with Gasteiger partial charge in [-0.15, -0.1) is 0 Å². The number of benzene rings is 1. The molecule has 5 nitrogen and oxygen atoms in total. The fourth-order valence-electron chi connectivity index (χ4n) is 3.00. The zero-order valence-electron chi connectivity index (χ0n) is 12.8. The lowest BCUT2D eigenvalue weighted by Crippen LogP contribution is -2.42. The van der Waals surface area contributed by atoms with Gasteiger partial charge in [-0.3, -0.25) is 4.79 Å². The number of aryl methyl sites for hydroxylation is 1. The Balaban J connectivity index is 1.82. The van der Waals surface area contributed by atoms with Crippen molar-refractivity contribution in [2.45, 2.75) is 19.4 Å². The number of fused-ring (bicyclic) bond motifs is 1. The van der Waals surface area contributed by atoms with Gasteiger partial charge in [0.15, 0.2) is 0 Å². The number of nitrogens with two attached hydrogens (primary N) is 1. The average molecular weight is 301 g/mol.